The van der Waals surface area contributed by atoms with E-state index in [9.17, 15) is 19.5 Å². The number of hydrogen-bond acceptors (Lipinski definition) is 7. The Morgan fingerprint density at radius 3 is 2.50 bits per heavy atom. The molecule has 3 N–H and O–H groups in total. The summed E-state index contributed by atoms with van der Waals surface area (Å²) in [5, 5.41) is 21.6. The van der Waals surface area contributed by atoms with Gasteiger partial charge in [-0.05, 0) is 25.3 Å². The van der Waals surface area contributed by atoms with Crippen LogP contribution in [0.4, 0.5) is 4.79 Å². The third-order valence-corrected chi connectivity index (χ3v) is 8.69. The highest BCUT2D eigenvalue weighted by Gasteiger charge is 2.51. The Morgan fingerprint density at radius 2 is 1.90 bits per heavy atom. The molecule has 1 amide bonds. The summed E-state index contributed by atoms with van der Waals surface area (Å²) < 4.78 is 4.74. The average Bonchev–Trinajstić information content (AvgIpc) is 3.31. The van der Waals surface area contributed by atoms with Gasteiger partial charge in [-0.25, -0.2) is 4.79 Å². The summed E-state index contributed by atoms with van der Waals surface area (Å²) >= 11 is 3.44. The molecular formula is C20H26N2O6S2. The van der Waals surface area contributed by atoms with Gasteiger partial charge < -0.3 is 19.8 Å². The number of aryl methyl sites for hydroxylation is 1. The Balaban J connectivity index is 1.64. The number of carboxylic acid groups (broad SMARTS) is 2. The molecule has 1 spiro atoms. The first-order valence-electron chi connectivity index (χ1n) is 9.80. The van der Waals surface area contributed by atoms with Gasteiger partial charge in [0.2, 0.25) is 5.91 Å². The number of likely N-dealkylation sites (tertiary alicyclic amines) is 1. The average molecular weight is 455 g/mol. The van der Waals surface area contributed by atoms with E-state index in [-0.39, 0.29) is 9.99 Å². The third-order valence-electron chi connectivity index (χ3n) is 5.26. The van der Waals surface area contributed by atoms with Crippen molar-refractivity contribution in [2.24, 2.45) is 0 Å². The van der Waals surface area contributed by atoms with Gasteiger partial charge in [-0.3, -0.25) is 14.9 Å². The lowest BCUT2D eigenvalue weighted by Gasteiger charge is -2.28. The Morgan fingerprint density at radius 1 is 1.23 bits per heavy atom. The number of carbonyl (C=O) groups excluding carboxylic acids is 1. The van der Waals surface area contributed by atoms with E-state index in [4.69, 9.17) is 9.84 Å². The molecule has 1 aromatic carbocycles. The van der Waals surface area contributed by atoms with Gasteiger partial charge in [0.05, 0.1) is 10.1 Å². The molecule has 3 atom stereocenters. The summed E-state index contributed by atoms with van der Waals surface area (Å²) in [5.41, 5.74) is 1.02. The first kappa shape index (κ1) is 22.8. The predicted octanol–water partition coefficient (Wildman–Crippen LogP) is 2.48. The van der Waals surface area contributed by atoms with Gasteiger partial charge in [0.25, 0.3) is 0 Å². The monoisotopic (exact) mass is 454 g/mol. The lowest BCUT2D eigenvalue weighted by Crippen LogP contribution is -2.52. The zero-order valence-corrected chi connectivity index (χ0v) is 18.3. The lowest BCUT2D eigenvalue weighted by molar-refractivity contribution is -0.143. The summed E-state index contributed by atoms with van der Waals surface area (Å²) in [4.78, 5) is 37.4. The zero-order valence-electron chi connectivity index (χ0n) is 16.7. The van der Waals surface area contributed by atoms with Crippen molar-refractivity contribution in [2.75, 3.05) is 18.1 Å². The molecule has 164 valence electrons. The van der Waals surface area contributed by atoms with Crippen LogP contribution in [0.3, 0.4) is 0 Å². The molecule has 0 bridgehead atoms. The highest BCUT2D eigenvalue weighted by Crippen LogP contribution is 2.52. The second-order valence-corrected chi connectivity index (χ2v) is 10.6. The molecule has 3 rings (SSSR count). The number of nitrogens with zero attached hydrogens (tertiary/aromatic N) is 1. The zero-order chi connectivity index (χ0) is 21.7. The highest BCUT2D eigenvalue weighted by molar-refractivity contribution is 8.21. The van der Waals surface area contributed by atoms with Crippen LogP contribution in [0.2, 0.25) is 0 Å². The van der Waals surface area contributed by atoms with Crippen molar-refractivity contribution in [1.29, 1.82) is 0 Å². The van der Waals surface area contributed by atoms with Crippen LogP contribution in [0.1, 0.15) is 25.3 Å². The molecule has 8 nitrogen and oxygen atoms in total. The Bertz CT molecular complexity index is 772. The second-order valence-electron chi connectivity index (χ2n) is 7.42. The van der Waals surface area contributed by atoms with E-state index >= 15 is 0 Å². The van der Waals surface area contributed by atoms with Gasteiger partial charge >= 0.3 is 12.1 Å². The molecule has 2 fully saturated rings. The van der Waals surface area contributed by atoms with Crippen LogP contribution in [0.15, 0.2) is 30.3 Å². The number of amides is 1. The highest BCUT2D eigenvalue weighted by atomic mass is 32.2. The second kappa shape index (κ2) is 9.93. The Hall–Kier alpha value is -1.91. The number of hydrogen-bond donors (Lipinski definition) is 3. The number of ether oxygens (including phenoxy) is 1. The molecule has 0 saturated carbocycles. The van der Waals surface area contributed by atoms with Crippen molar-refractivity contribution in [1.82, 2.24) is 10.2 Å². The molecule has 2 aliphatic rings. The molecule has 0 radical (unpaired) electrons. The number of nitrogens with one attached hydrogen (secondary N) is 1. The maximum Gasteiger partial charge on any atom is 0.507 e. The lowest BCUT2D eigenvalue weighted by atomic mass is 10.0. The van der Waals surface area contributed by atoms with Crippen LogP contribution >= 0.6 is 23.5 Å². The van der Waals surface area contributed by atoms with Gasteiger partial charge in [0.15, 0.2) is 6.23 Å². The standard InChI is InChI=1S/C20H26N2O6S2/c1-13(21-15(18(24)25)8-7-14-5-3-2-4-6-14)17(23)22-12-20(29-9-10-30-20)11-16(22)28-19(26)27/h2-6,13,15-16,21H,7-12H2,1H3,(H,24,25)(H,26,27)/t13?,15-,16-/m0/s1. The largest absolute Gasteiger partial charge is 0.507 e. The maximum absolute atomic E-state index is 13.1. The van der Waals surface area contributed by atoms with Gasteiger partial charge in [-0.15, -0.1) is 23.5 Å². The minimum Gasteiger partial charge on any atom is -0.480 e. The number of rotatable bonds is 8. The first-order chi connectivity index (χ1) is 14.3. The normalized spacial score (nSPS) is 22.0. The number of thioether (sulfide) groups is 2. The first-order valence-corrected chi connectivity index (χ1v) is 11.8. The molecule has 30 heavy (non-hydrogen) atoms. The summed E-state index contributed by atoms with van der Waals surface area (Å²) in [7, 11) is 0. The fraction of sp³-hybridized carbons (Fsp3) is 0.550. The minimum atomic E-state index is -1.42. The molecule has 2 heterocycles. The quantitative estimate of drug-likeness (QED) is 0.509. The van der Waals surface area contributed by atoms with Crippen LogP contribution in [0.5, 0.6) is 0 Å². The van der Waals surface area contributed by atoms with Gasteiger partial charge in [0, 0.05) is 24.5 Å². The minimum absolute atomic E-state index is 0.255. The van der Waals surface area contributed by atoms with Gasteiger partial charge in [-0.1, -0.05) is 30.3 Å². The molecular weight excluding hydrogens is 428 g/mol. The molecule has 10 heteroatoms. The van der Waals surface area contributed by atoms with Crippen molar-refractivity contribution in [2.45, 2.75) is 48.6 Å². The van der Waals surface area contributed by atoms with E-state index in [1.165, 1.54) is 4.90 Å². The van der Waals surface area contributed by atoms with E-state index < -0.39 is 30.4 Å². The van der Waals surface area contributed by atoms with Crippen molar-refractivity contribution in [3.63, 3.8) is 0 Å². The predicted molar refractivity (Wildman–Crippen MR) is 116 cm³/mol. The van der Waals surface area contributed by atoms with Crippen LogP contribution in [0.25, 0.3) is 0 Å². The number of carboxylic acids is 1. The fourth-order valence-electron chi connectivity index (χ4n) is 3.81. The summed E-state index contributed by atoms with van der Waals surface area (Å²) in [6.45, 7) is 1.99. The molecule has 0 aromatic heterocycles. The van der Waals surface area contributed by atoms with Crippen molar-refractivity contribution in [3.8, 4) is 0 Å². The van der Waals surface area contributed by atoms with Gasteiger partial charge in [-0.2, -0.15) is 0 Å². The van der Waals surface area contributed by atoms with Crippen LogP contribution in [-0.4, -0.2) is 73.6 Å². The molecule has 1 aromatic rings. The van der Waals surface area contributed by atoms with Crippen molar-refractivity contribution < 1.29 is 29.3 Å². The van der Waals surface area contributed by atoms with E-state index in [0.29, 0.717) is 25.8 Å². The van der Waals surface area contributed by atoms with Crippen molar-refractivity contribution >= 4 is 41.6 Å². The maximum atomic E-state index is 13.1. The molecule has 1 unspecified atom stereocenters. The number of carbonyl (C=O) groups is 3. The molecule has 0 aliphatic carbocycles. The van der Waals surface area contributed by atoms with E-state index in [1.54, 1.807) is 30.4 Å². The van der Waals surface area contributed by atoms with E-state index in [0.717, 1.165) is 17.1 Å². The third kappa shape index (κ3) is 5.61. The van der Waals surface area contributed by atoms with E-state index in [2.05, 4.69) is 5.32 Å². The SMILES string of the molecule is CC(N[C@@H](CCc1ccccc1)C(=O)O)C(=O)N1CC2(C[C@@H]1OC(=O)O)SCCS2. The summed E-state index contributed by atoms with van der Waals surface area (Å²) in [6.07, 6.45) is -0.943. The van der Waals surface area contributed by atoms with Crippen LogP contribution in [-0.2, 0) is 20.7 Å². The van der Waals surface area contributed by atoms with Crippen LogP contribution in [0, 0.1) is 0 Å². The van der Waals surface area contributed by atoms with Crippen LogP contribution < -0.4 is 5.32 Å². The summed E-state index contributed by atoms with van der Waals surface area (Å²) in [5.74, 6) is 0.516. The number of aliphatic carboxylic acids is 1. The Kier molecular flexibility index (Phi) is 7.54. The summed E-state index contributed by atoms with van der Waals surface area (Å²) in [6, 6.07) is 7.88. The van der Waals surface area contributed by atoms with Crippen molar-refractivity contribution in [3.05, 3.63) is 35.9 Å². The fourth-order valence-corrected chi connectivity index (χ4v) is 7.03. The van der Waals surface area contributed by atoms with Gasteiger partial charge in [0.1, 0.15) is 6.04 Å². The topological polar surface area (TPSA) is 116 Å². The smallest absolute Gasteiger partial charge is 0.480 e. The number of benzene rings is 1. The molecule has 2 saturated heterocycles. The Labute approximate surface area is 183 Å². The van der Waals surface area contributed by atoms with E-state index in [1.807, 2.05) is 30.3 Å². The molecule has 2 aliphatic heterocycles.